The number of sulfonamides is 1. The predicted octanol–water partition coefficient (Wildman–Crippen LogP) is 4.23. The Morgan fingerprint density at radius 2 is 1.65 bits per heavy atom. The van der Waals surface area contributed by atoms with Crippen molar-refractivity contribution >= 4 is 32.6 Å². The summed E-state index contributed by atoms with van der Waals surface area (Å²) in [6.45, 7) is 2.42. The molecule has 0 aliphatic rings. The third-order valence-electron chi connectivity index (χ3n) is 4.01. The van der Waals surface area contributed by atoms with Crippen molar-refractivity contribution in [1.82, 2.24) is 4.72 Å². The number of ether oxygens (including phenoxy) is 1. The molecule has 0 aliphatic heterocycles. The van der Waals surface area contributed by atoms with Gasteiger partial charge in [-0.05, 0) is 54.1 Å². The molecule has 0 bridgehead atoms. The van der Waals surface area contributed by atoms with Crippen molar-refractivity contribution in [2.75, 3.05) is 19.4 Å². The highest BCUT2D eigenvalue weighted by atomic mass is 32.2. The van der Waals surface area contributed by atoms with Crippen molar-refractivity contribution in [2.24, 2.45) is 0 Å². The SMILES string of the molecule is COc1ccc2cc(S(=O)(=O)NCCSc3ccc(C)cc3)ccc2c1. The Kier molecular flexibility index (Phi) is 5.86. The van der Waals surface area contributed by atoms with Crippen molar-refractivity contribution < 1.29 is 13.2 Å². The summed E-state index contributed by atoms with van der Waals surface area (Å²) in [6.07, 6.45) is 0. The summed E-state index contributed by atoms with van der Waals surface area (Å²) in [5.41, 5.74) is 1.21. The van der Waals surface area contributed by atoms with Crippen LogP contribution in [0.4, 0.5) is 0 Å². The van der Waals surface area contributed by atoms with Crippen LogP contribution in [0, 0.1) is 6.92 Å². The van der Waals surface area contributed by atoms with E-state index in [-0.39, 0.29) is 4.90 Å². The van der Waals surface area contributed by atoms with E-state index in [1.807, 2.05) is 37.3 Å². The van der Waals surface area contributed by atoms with E-state index in [4.69, 9.17) is 4.74 Å². The van der Waals surface area contributed by atoms with Gasteiger partial charge in [-0.25, -0.2) is 13.1 Å². The first-order valence-corrected chi connectivity index (χ1v) is 10.7. The van der Waals surface area contributed by atoms with E-state index in [1.165, 1.54) is 5.56 Å². The monoisotopic (exact) mass is 387 g/mol. The number of hydrogen-bond acceptors (Lipinski definition) is 4. The van der Waals surface area contributed by atoms with Gasteiger partial charge in [0, 0.05) is 17.2 Å². The minimum Gasteiger partial charge on any atom is -0.497 e. The minimum atomic E-state index is -3.52. The van der Waals surface area contributed by atoms with Crippen LogP contribution in [0.1, 0.15) is 5.56 Å². The molecule has 0 saturated heterocycles. The van der Waals surface area contributed by atoms with Crippen LogP contribution in [0.3, 0.4) is 0 Å². The van der Waals surface area contributed by atoms with Crippen LogP contribution < -0.4 is 9.46 Å². The van der Waals surface area contributed by atoms with E-state index in [9.17, 15) is 8.42 Å². The lowest BCUT2D eigenvalue weighted by Gasteiger charge is -2.09. The first-order chi connectivity index (χ1) is 12.5. The van der Waals surface area contributed by atoms with Crippen LogP contribution >= 0.6 is 11.8 Å². The molecule has 1 N–H and O–H groups in total. The van der Waals surface area contributed by atoms with E-state index in [1.54, 1.807) is 37.1 Å². The molecule has 0 aromatic heterocycles. The molecule has 136 valence electrons. The van der Waals surface area contributed by atoms with Gasteiger partial charge in [-0.3, -0.25) is 0 Å². The molecule has 3 rings (SSSR count). The maximum absolute atomic E-state index is 12.5. The zero-order chi connectivity index (χ0) is 18.6. The van der Waals surface area contributed by atoms with E-state index in [0.717, 1.165) is 21.4 Å². The van der Waals surface area contributed by atoms with Gasteiger partial charge >= 0.3 is 0 Å². The standard InChI is InChI=1S/C20H21NO3S2/c1-15-3-8-19(9-4-15)25-12-11-21-26(22,23)20-10-6-16-13-18(24-2)7-5-17(16)14-20/h3-10,13-14,21H,11-12H2,1-2H3. The molecule has 0 radical (unpaired) electrons. The summed E-state index contributed by atoms with van der Waals surface area (Å²) in [7, 11) is -1.91. The Balaban J connectivity index is 1.63. The lowest BCUT2D eigenvalue weighted by Crippen LogP contribution is -2.26. The predicted molar refractivity (Wildman–Crippen MR) is 108 cm³/mol. The Morgan fingerprint density at radius 1 is 0.962 bits per heavy atom. The number of methoxy groups -OCH3 is 1. The van der Waals surface area contributed by atoms with Crippen LogP contribution in [-0.2, 0) is 10.0 Å². The molecular formula is C20H21NO3S2. The summed E-state index contributed by atoms with van der Waals surface area (Å²) < 4.78 is 32.9. The maximum Gasteiger partial charge on any atom is 0.240 e. The molecule has 4 nitrogen and oxygen atoms in total. The lowest BCUT2D eigenvalue weighted by molar-refractivity contribution is 0.415. The van der Waals surface area contributed by atoms with E-state index < -0.39 is 10.0 Å². The number of aryl methyl sites for hydroxylation is 1. The zero-order valence-corrected chi connectivity index (χ0v) is 16.4. The van der Waals surface area contributed by atoms with Gasteiger partial charge in [-0.15, -0.1) is 11.8 Å². The van der Waals surface area contributed by atoms with Crippen LogP contribution in [0.2, 0.25) is 0 Å². The molecule has 6 heteroatoms. The first-order valence-electron chi connectivity index (χ1n) is 8.25. The van der Waals surface area contributed by atoms with Crippen molar-refractivity contribution in [3.05, 3.63) is 66.2 Å². The normalized spacial score (nSPS) is 11.6. The topological polar surface area (TPSA) is 55.4 Å². The molecule has 0 unspecified atom stereocenters. The highest BCUT2D eigenvalue weighted by Gasteiger charge is 2.14. The summed E-state index contributed by atoms with van der Waals surface area (Å²) in [4.78, 5) is 1.41. The third kappa shape index (κ3) is 4.58. The van der Waals surface area contributed by atoms with E-state index >= 15 is 0 Å². The Morgan fingerprint density at radius 3 is 2.38 bits per heavy atom. The molecular weight excluding hydrogens is 366 g/mol. The van der Waals surface area contributed by atoms with Crippen molar-refractivity contribution in [1.29, 1.82) is 0 Å². The average Bonchev–Trinajstić information content (AvgIpc) is 2.65. The van der Waals surface area contributed by atoms with Gasteiger partial charge < -0.3 is 4.74 Å². The number of hydrogen-bond donors (Lipinski definition) is 1. The maximum atomic E-state index is 12.5. The Hall–Kier alpha value is -2.02. The minimum absolute atomic E-state index is 0.274. The second-order valence-electron chi connectivity index (χ2n) is 5.93. The number of nitrogens with one attached hydrogen (secondary N) is 1. The van der Waals surface area contributed by atoms with Crippen LogP contribution in [-0.4, -0.2) is 27.8 Å². The number of thioether (sulfide) groups is 1. The molecule has 0 atom stereocenters. The van der Waals surface area contributed by atoms with Gasteiger partial charge in [0.2, 0.25) is 10.0 Å². The summed E-state index contributed by atoms with van der Waals surface area (Å²) in [5, 5.41) is 1.81. The molecule has 0 amide bonds. The molecule has 3 aromatic rings. The molecule has 0 fully saturated rings. The van der Waals surface area contributed by atoms with Crippen LogP contribution in [0.15, 0.2) is 70.5 Å². The second kappa shape index (κ2) is 8.12. The Labute approximate surface area is 158 Å². The molecule has 3 aromatic carbocycles. The fourth-order valence-electron chi connectivity index (χ4n) is 2.56. The second-order valence-corrected chi connectivity index (χ2v) is 8.87. The molecule has 0 spiro atoms. The lowest BCUT2D eigenvalue weighted by atomic mass is 10.1. The number of rotatable bonds is 7. The van der Waals surface area contributed by atoms with E-state index in [0.29, 0.717) is 12.3 Å². The fourth-order valence-corrected chi connectivity index (χ4v) is 4.52. The number of benzene rings is 3. The van der Waals surface area contributed by atoms with Gasteiger partial charge in [-0.1, -0.05) is 29.8 Å². The summed E-state index contributed by atoms with van der Waals surface area (Å²) >= 11 is 1.63. The van der Waals surface area contributed by atoms with E-state index in [2.05, 4.69) is 16.9 Å². The van der Waals surface area contributed by atoms with Crippen LogP contribution in [0.5, 0.6) is 5.75 Å². The Bertz CT molecular complexity index is 999. The summed E-state index contributed by atoms with van der Waals surface area (Å²) in [6, 6.07) is 18.9. The molecule has 0 aliphatic carbocycles. The van der Waals surface area contributed by atoms with Gasteiger partial charge in [-0.2, -0.15) is 0 Å². The highest BCUT2D eigenvalue weighted by molar-refractivity contribution is 7.99. The average molecular weight is 388 g/mol. The largest absolute Gasteiger partial charge is 0.497 e. The zero-order valence-electron chi connectivity index (χ0n) is 14.7. The van der Waals surface area contributed by atoms with Gasteiger partial charge in [0.1, 0.15) is 5.75 Å². The van der Waals surface area contributed by atoms with Crippen LogP contribution in [0.25, 0.3) is 10.8 Å². The number of fused-ring (bicyclic) bond motifs is 1. The third-order valence-corrected chi connectivity index (χ3v) is 6.49. The first kappa shape index (κ1) is 18.8. The quantitative estimate of drug-likeness (QED) is 0.487. The summed E-state index contributed by atoms with van der Waals surface area (Å²) in [5.74, 6) is 1.42. The molecule has 0 heterocycles. The van der Waals surface area contributed by atoms with Crippen molar-refractivity contribution in [3.63, 3.8) is 0 Å². The highest BCUT2D eigenvalue weighted by Crippen LogP contribution is 2.24. The van der Waals surface area contributed by atoms with Gasteiger partial charge in [0.25, 0.3) is 0 Å². The van der Waals surface area contributed by atoms with Gasteiger partial charge in [0.15, 0.2) is 0 Å². The van der Waals surface area contributed by atoms with Gasteiger partial charge in [0.05, 0.1) is 12.0 Å². The van der Waals surface area contributed by atoms with Crippen molar-refractivity contribution in [2.45, 2.75) is 16.7 Å². The molecule has 0 saturated carbocycles. The van der Waals surface area contributed by atoms with Crippen molar-refractivity contribution in [3.8, 4) is 5.75 Å². The molecule has 26 heavy (non-hydrogen) atoms. The smallest absolute Gasteiger partial charge is 0.240 e. The fraction of sp³-hybridized carbons (Fsp3) is 0.200.